The number of halogens is 1. The minimum absolute atomic E-state index is 0.0401. The number of rotatable bonds is 6. The molecule has 29 heavy (non-hydrogen) atoms. The first-order valence-corrected chi connectivity index (χ1v) is 9.83. The van der Waals surface area contributed by atoms with Crippen LogP contribution in [0.15, 0.2) is 53.9 Å². The van der Waals surface area contributed by atoms with Crippen molar-refractivity contribution in [3.63, 3.8) is 0 Å². The van der Waals surface area contributed by atoms with Gasteiger partial charge in [-0.2, -0.15) is 0 Å². The summed E-state index contributed by atoms with van der Waals surface area (Å²) < 4.78 is 0. The molecule has 0 atom stereocenters. The molecule has 0 unspecified atom stereocenters. The lowest BCUT2D eigenvalue weighted by Crippen LogP contribution is -2.19. The van der Waals surface area contributed by atoms with E-state index < -0.39 is 6.03 Å². The molecule has 0 radical (unpaired) electrons. The average Bonchev–Trinajstić information content (AvgIpc) is 3.08. The van der Waals surface area contributed by atoms with Crippen molar-refractivity contribution >= 4 is 57.2 Å². The molecule has 0 aliphatic heterocycles. The standard InChI is InChI=1S/C20H17ClN4O3S/c1-12(26)13-4-2-6-15(8-13)22-18(27)10-17-11-29-20(24-17)25-19(28)23-16-7-3-5-14(21)9-16/h2-9,11H,10H2,1H3,(H,22,27)(H2,23,24,25,28). The van der Waals surface area contributed by atoms with Crippen LogP contribution in [-0.4, -0.2) is 22.7 Å². The van der Waals surface area contributed by atoms with Crippen LogP contribution in [0.4, 0.5) is 21.3 Å². The van der Waals surface area contributed by atoms with Gasteiger partial charge in [0.15, 0.2) is 10.9 Å². The van der Waals surface area contributed by atoms with Crippen LogP contribution < -0.4 is 16.0 Å². The topological polar surface area (TPSA) is 100 Å². The van der Waals surface area contributed by atoms with Crippen molar-refractivity contribution in [2.24, 2.45) is 0 Å². The maximum Gasteiger partial charge on any atom is 0.325 e. The molecule has 0 saturated heterocycles. The fourth-order valence-corrected chi connectivity index (χ4v) is 3.35. The zero-order chi connectivity index (χ0) is 20.8. The largest absolute Gasteiger partial charge is 0.326 e. The first-order chi connectivity index (χ1) is 13.9. The van der Waals surface area contributed by atoms with Crippen LogP contribution in [0.3, 0.4) is 0 Å². The molecule has 0 bridgehead atoms. The molecule has 0 fully saturated rings. The van der Waals surface area contributed by atoms with E-state index in [9.17, 15) is 14.4 Å². The molecule has 3 aromatic rings. The molecular weight excluding hydrogens is 412 g/mol. The molecule has 0 spiro atoms. The van der Waals surface area contributed by atoms with Gasteiger partial charge < -0.3 is 10.6 Å². The molecule has 1 aromatic heterocycles. The second-order valence-corrected chi connectivity index (χ2v) is 7.39. The van der Waals surface area contributed by atoms with E-state index in [0.29, 0.717) is 32.8 Å². The highest BCUT2D eigenvalue weighted by Gasteiger charge is 2.11. The summed E-state index contributed by atoms with van der Waals surface area (Å²) in [5.74, 6) is -0.349. The van der Waals surface area contributed by atoms with Crippen molar-refractivity contribution in [3.8, 4) is 0 Å². The van der Waals surface area contributed by atoms with E-state index in [1.54, 1.807) is 53.9 Å². The van der Waals surface area contributed by atoms with E-state index in [4.69, 9.17) is 11.6 Å². The number of thiazole rings is 1. The molecule has 148 valence electrons. The van der Waals surface area contributed by atoms with Crippen LogP contribution in [0.5, 0.6) is 0 Å². The summed E-state index contributed by atoms with van der Waals surface area (Å²) in [6, 6.07) is 13.0. The summed E-state index contributed by atoms with van der Waals surface area (Å²) in [7, 11) is 0. The molecule has 0 saturated carbocycles. The Morgan fingerprint density at radius 1 is 1.00 bits per heavy atom. The Labute approximate surface area is 176 Å². The number of benzene rings is 2. The second kappa shape index (κ2) is 9.31. The zero-order valence-electron chi connectivity index (χ0n) is 15.4. The number of Topliss-reactive ketones (excluding diaryl/α,β-unsaturated/α-hetero) is 1. The number of hydrogen-bond donors (Lipinski definition) is 3. The van der Waals surface area contributed by atoms with Gasteiger partial charge in [0.25, 0.3) is 0 Å². The third-order valence-electron chi connectivity index (χ3n) is 3.75. The molecule has 9 heteroatoms. The van der Waals surface area contributed by atoms with Crippen LogP contribution in [0.2, 0.25) is 5.02 Å². The van der Waals surface area contributed by atoms with E-state index >= 15 is 0 Å². The highest BCUT2D eigenvalue weighted by molar-refractivity contribution is 7.14. The summed E-state index contributed by atoms with van der Waals surface area (Å²) in [5.41, 5.74) is 2.14. The number of nitrogens with zero attached hydrogens (tertiary/aromatic N) is 1. The minimum atomic E-state index is -0.460. The third kappa shape index (κ3) is 6.13. The van der Waals surface area contributed by atoms with Crippen molar-refractivity contribution in [2.45, 2.75) is 13.3 Å². The lowest BCUT2D eigenvalue weighted by Gasteiger charge is -2.06. The fraction of sp³-hybridized carbons (Fsp3) is 0.100. The fourth-order valence-electron chi connectivity index (χ4n) is 2.46. The summed E-state index contributed by atoms with van der Waals surface area (Å²) >= 11 is 7.10. The first-order valence-electron chi connectivity index (χ1n) is 8.58. The smallest absolute Gasteiger partial charge is 0.325 e. The summed E-state index contributed by atoms with van der Waals surface area (Å²) in [5, 5.41) is 10.6. The highest BCUT2D eigenvalue weighted by Crippen LogP contribution is 2.19. The van der Waals surface area contributed by atoms with E-state index in [1.807, 2.05) is 0 Å². The number of carbonyl (C=O) groups excluding carboxylic acids is 3. The van der Waals surface area contributed by atoms with Gasteiger partial charge in [0.2, 0.25) is 5.91 Å². The molecule has 2 aromatic carbocycles. The van der Waals surface area contributed by atoms with Crippen molar-refractivity contribution in [1.29, 1.82) is 0 Å². The van der Waals surface area contributed by atoms with Gasteiger partial charge in [-0.25, -0.2) is 9.78 Å². The van der Waals surface area contributed by atoms with Gasteiger partial charge >= 0.3 is 6.03 Å². The van der Waals surface area contributed by atoms with Crippen LogP contribution in [0.25, 0.3) is 0 Å². The number of aromatic nitrogens is 1. The molecule has 1 heterocycles. The van der Waals surface area contributed by atoms with Crippen LogP contribution in [0, 0.1) is 0 Å². The summed E-state index contributed by atoms with van der Waals surface area (Å²) in [4.78, 5) is 39.9. The lowest BCUT2D eigenvalue weighted by atomic mass is 10.1. The van der Waals surface area contributed by atoms with Crippen molar-refractivity contribution < 1.29 is 14.4 Å². The Balaban J connectivity index is 1.54. The SMILES string of the molecule is CC(=O)c1cccc(NC(=O)Cc2csc(NC(=O)Nc3cccc(Cl)c3)n2)c1. The third-order valence-corrected chi connectivity index (χ3v) is 4.79. The van der Waals surface area contributed by atoms with Gasteiger partial charge in [0.1, 0.15) is 0 Å². The lowest BCUT2D eigenvalue weighted by molar-refractivity contribution is -0.115. The molecule has 0 aliphatic rings. The number of anilines is 3. The van der Waals surface area contributed by atoms with Crippen molar-refractivity contribution in [2.75, 3.05) is 16.0 Å². The number of hydrogen-bond acceptors (Lipinski definition) is 5. The van der Waals surface area contributed by atoms with Crippen molar-refractivity contribution in [3.05, 3.63) is 70.2 Å². The average molecular weight is 429 g/mol. The Hall–Kier alpha value is -3.23. The Bertz CT molecular complexity index is 1070. The zero-order valence-corrected chi connectivity index (χ0v) is 16.9. The van der Waals surface area contributed by atoms with Crippen LogP contribution >= 0.6 is 22.9 Å². The number of nitrogens with one attached hydrogen (secondary N) is 3. The maximum absolute atomic E-state index is 12.2. The monoisotopic (exact) mass is 428 g/mol. The first kappa shape index (κ1) is 20.5. The Morgan fingerprint density at radius 2 is 1.72 bits per heavy atom. The minimum Gasteiger partial charge on any atom is -0.326 e. The van der Waals surface area contributed by atoms with Crippen LogP contribution in [-0.2, 0) is 11.2 Å². The van der Waals surface area contributed by atoms with Gasteiger partial charge in [0.05, 0.1) is 12.1 Å². The van der Waals surface area contributed by atoms with Gasteiger partial charge in [-0.3, -0.25) is 14.9 Å². The molecule has 3 amide bonds. The van der Waals surface area contributed by atoms with Gasteiger partial charge in [-0.15, -0.1) is 11.3 Å². The predicted octanol–water partition coefficient (Wildman–Crippen LogP) is 4.82. The second-order valence-electron chi connectivity index (χ2n) is 6.10. The Kier molecular flexibility index (Phi) is 6.58. The number of amides is 3. The predicted molar refractivity (Wildman–Crippen MR) is 115 cm³/mol. The summed E-state index contributed by atoms with van der Waals surface area (Å²) in [6.07, 6.45) is 0.0401. The highest BCUT2D eigenvalue weighted by atomic mass is 35.5. The van der Waals surface area contributed by atoms with Gasteiger partial charge in [-0.1, -0.05) is 29.8 Å². The number of carbonyl (C=O) groups is 3. The van der Waals surface area contributed by atoms with Gasteiger partial charge in [-0.05, 0) is 37.3 Å². The van der Waals surface area contributed by atoms with E-state index in [0.717, 1.165) is 0 Å². The molecule has 0 aliphatic carbocycles. The number of urea groups is 1. The molecule has 3 N–H and O–H groups in total. The van der Waals surface area contributed by atoms with Gasteiger partial charge in [0, 0.05) is 27.3 Å². The molecule has 3 rings (SSSR count). The van der Waals surface area contributed by atoms with E-state index in [2.05, 4.69) is 20.9 Å². The molecule has 7 nitrogen and oxygen atoms in total. The Morgan fingerprint density at radius 3 is 2.45 bits per heavy atom. The van der Waals surface area contributed by atoms with E-state index in [1.165, 1.54) is 18.3 Å². The quantitative estimate of drug-likeness (QED) is 0.490. The van der Waals surface area contributed by atoms with E-state index in [-0.39, 0.29) is 18.1 Å². The normalized spacial score (nSPS) is 10.3. The van der Waals surface area contributed by atoms with Crippen LogP contribution in [0.1, 0.15) is 23.0 Å². The van der Waals surface area contributed by atoms with Crippen molar-refractivity contribution in [1.82, 2.24) is 4.98 Å². The molecular formula is C20H17ClN4O3S. The summed E-state index contributed by atoms with van der Waals surface area (Å²) in [6.45, 7) is 1.47. The number of ketones is 1. The maximum atomic E-state index is 12.2.